The lowest BCUT2D eigenvalue weighted by molar-refractivity contribution is -0.119. The van der Waals surface area contributed by atoms with E-state index in [1.165, 1.54) is 12.0 Å². The average Bonchev–Trinajstić information content (AvgIpc) is 2.97. The normalized spacial score (nSPS) is 19.5. The van der Waals surface area contributed by atoms with Gasteiger partial charge in [0.15, 0.2) is 0 Å². The van der Waals surface area contributed by atoms with Gasteiger partial charge in [-0.05, 0) is 25.1 Å². The Labute approximate surface area is 151 Å². The Balaban J connectivity index is 2.09. The smallest absolute Gasteiger partial charge is 0.322 e. The fourth-order valence-electron chi connectivity index (χ4n) is 2.57. The summed E-state index contributed by atoms with van der Waals surface area (Å²) in [5.41, 5.74) is 0.836. The maximum absolute atomic E-state index is 12.5. The quantitative estimate of drug-likeness (QED) is 0.704. The molecule has 3 N–H and O–H groups in total. The summed E-state index contributed by atoms with van der Waals surface area (Å²) in [6.07, 6.45) is -0.721. The third-order valence-electron chi connectivity index (χ3n) is 3.79. The predicted octanol–water partition coefficient (Wildman–Crippen LogP) is 1.54. The van der Waals surface area contributed by atoms with Crippen LogP contribution >= 0.6 is 11.6 Å². The van der Waals surface area contributed by atoms with E-state index in [4.69, 9.17) is 21.1 Å². The number of urea groups is 1. The number of ether oxygens (including phenoxy) is 2. The first-order chi connectivity index (χ1) is 12.0. The van der Waals surface area contributed by atoms with Crippen LogP contribution in [0.4, 0.5) is 16.2 Å². The third kappa shape index (κ3) is 5.05. The number of anilines is 2. The number of hydrogen-bond acceptors (Lipinski definition) is 5. The second-order valence-electron chi connectivity index (χ2n) is 5.56. The number of likely N-dealkylation sites (N-methyl/N-ethyl adjacent to an activating group) is 1. The van der Waals surface area contributed by atoms with Crippen LogP contribution in [0, 0.1) is 0 Å². The number of aliphatic hydroxyl groups is 1. The molecule has 0 aromatic heterocycles. The number of nitrogens with zero attached hydrogens (tertiary/aromatic N) is 1. The molecule has 0 bridgehead atoms. The third-order valence-corrected chi connectivity index (χ3v) is 4.12. The minimum atomic E-state index is -0.721. The van der Waals surface area contributed by atoms with Gasteiger partial charge in [-0.25, -0.2) is 4.79 Å². The van der Waals surface area contributed by atoms with Crippen LogP contribution in [0.2, 0.25) is 5.02 Å². The van der Waals surface area contributed by atoms with Crippen molar-refractivity contribution in [2.75, 3.05) is 44.1 Å². The van der Waals surface area contributed by atoms with Gasteiger partial charge in [0.2, 0.25) is 5.91 Å². The van der Waals surface area contributed by atoms with Crippen LogP contribution in [-0.4, -0.2) is 67.6 Å². The van der Waals surface area contributed by atoms with Crippen molar-refractivity contribution in [3.63, 3.8) is 0 Å². The van der Waals surface area contributed by atoms with E-state index in [9.17, 15) is 14.7 Å². The van der Waals surface area contributed by atoms with E-state index in [1.54, 1.807) is 18.2 Å². The zero-order valence-electron chi connectivity index (χ0n) is 14.1. The first-order valence-electron chi connectivity index (χ1n) is 7.88. The van der Waals surface area contributed by atoms with Gasteiger partial charge in [0.1, 0.15) is 6.61 Å². The zero-order valence-corrected chi connectivity index (χ0v) is 14.9. The van der Waals surface area contributed by atoms with Crippen molar-refractivity contribution in [1.82, 2.24) is 4.90 Å². The lowest BCUT2D eigenvalue weighted by atomic mass is 10.2. The van der Waals surface area contributed by atoms with Gasteiger partial charge in [-0.3, -0.25) is 4.79 Å². The Hall–Kier alpha value is -1.87. The summed E-state index contributed by atoms with van der Waals surface area (Å²) in [6, 6.07) is 3.94. The summed E-state index contributed by atoms with van der Waals surface area (Å²) in [6.45, 7) is 2.62. The molecule has 2 rings (SSSR count). The topological polar surface area (TPSA) is 100 Å². The molecular formula is C16H22ClN3O5. The Bertz CT molecular complexity index is 628. The minimum Gasteiger partial charge on any atom is -0.388 e. The van der Waals surface area contributed by atoms with Gasteiger partial charge < -0.3 is 30.1 Å². The van der Waals surface area contributed by atoms with Crippen LogP contribution < -0.4 is 10.6 Å². The highest BCUT2D eigenvalue weighted by molar-refractivity contribution is 6.33. The fraction of sp³-hybridized carbons (Fsp3) is 0.500. The highest BCUT2D eigenvalue weighted by Gasteiger charge is 2.33. The lowest BCUT2D eigenvalue weighted by Crippen LogP contribution is -2.48. The second-order valence-corrected chi connectivity index (χ2v) is 5.97. The molecule has 2 atom stereocenters. The summed E-state index contributed by atoms with van der Waals surface area (Å²) in [4.78, 5) is 25.6. The zero-order chi connectivity index (χ0) is 18.4. The van der Waals surface area contributed by atoms with Gasteiger partial charge in [0, 0.05) is 19.3 Å². The van der Waals surface area contributed by atoms with Crippen LogP contribution in [0.1, 0.15) is 6.92 Å². The van der Waals surface area contributed by atoms with Crippen LogP contribution in [0.3, 0.4) is 0 Å². The average molecular weight is 372 g/mol. The molecule has 1 fully saturated rings. The molecule has 8 nitrogen and oxygen atoms in total. The number of hydrogen-bond donors (Lipinski definition) is 3. The number of aliphatic hydroxyl groups excluding tert-OH is 1. The molecular weight excluding hydrogens is 350 g/mol. The number of methoxy groups -OCH3 is 1. The number of nitrogens with one attached hydrogen (secondary N) is 2. The molecule has 1 heterocycles. The maximum atomic E-state index is 12.5. The SMILES string of the molecule is CCN(C(=O)Nc1cc(NC(=O)COC)ccc1Cl)[C@@H]1COC[C@H]1O. The van der Waals surface area contributed by atoms with Crippen molar-refractivity contribution in [3.05, 3.63) is 23.2 Å². The molecule has 1 aliphatic heterocycles. The van der Waals surface area contributed by atoms with E-state index in [0.29, 0.717) is 22.9 Å². The summed E-state index contributed by atoms with van der Waals surface area (Å²) in [5.74, 6) is -0.316. The van der Waals surface area contributed by atoms with Crippen LogP contribution in [0.25, 0.3) is 0 Å². The van der Waals surface area contributed by atoms with Gasteiger partial charge >= 0.3 is 6.03 Å². The number of carbonyl (C=O) groups excluding carboxylic acids is 2. The van der Waals surface area contributed by atoms with Gasteiger partial charge in [-0.1, -0.05) is 11.6 Å². The molecule has 1 aromatic rings. The Kier molecular flexibility index (Phi) is 7.01. The van der Waals surface area contributed by atoms with Crippen molar-refractivity contribution in [3.8, 4) is 0 Å². The first kappa shape index (κ1) is 19.5. The van der Waals surface area contributed by atoms with E-state index in [0.717, 1.165) is 0 Å². The standard InChI is InChI=1S/C16H22ClN3O5/c1-3-20(13-7-25-8-14(13)21)16(23)19-12-6-10(4-5-11(12)17)18-15(22)9-24-2/h4-6,13-14,21H,3,7-9H2,1-2H3,(H,18,22)(H,19,23)/t13-,14-/m1/s1. The molecule has 25 heavy (non-hydrogen) atoms. The Morgan fingerprint density at radius 1 is 1.40 bits per heavy atom. The molecule has 0 aliphatic carbocycles. The number of amides is 3. The second kappa shape index (κ2) is 9.00. The highest BCUT2D eigenvalue weighted by atomic mass is 35.5. The first-order valence-corrected chi connectivity index (χ1v) is 8.25. The van der Waals surface area contributed by atoms with E-state index in [2.05, 4.69) is 10.6 Å². The molecule has 1 aromatic carbocycles. The van der Waals surface area contributed by atoms with Crippen molar-refractivity contribution in [1.29, 1.82) is 0 Å². The fourth-order valence-corrected chi connectivity index (χ4v) is 2.74. The molecule has 0 spiro atoms. The van der Waals surface area contributed by atoms with Crippen molar-refractivity contribution >= 4 is 34.9 Å². The molecule has 0 radical (unpaired) electrons. The number of benzene rings is 1. The minimum absolute atomic E-state index is 0.0759. The van der Waals surface area contributed by atoms with Gasteiger partial charge in [0.05, 0.1) is 36.1 Å². The predicted molar refractivity (Wildman–Crippen MR) is 94.0 cm³/mol. The molecule has 0 saturated carbocycles. The molecule has 138 valence electrons. The van der Waals surface area contributed by atoms with Crippen molar-refractivity contribution in [2.24, 2.45) is 0 Å². The van der Waals surface area contributed by atoms with E-state index < -0.39 is 18.2 Å². The van der Waals surface area contributed by atoms with E-state index in [-0.39, 0.29) is 25.7 Å². The Morgan fingerprint density at radius 2 is 2.16 bits per heavy atom. The number of carbonyl (C=O) groups is 2. The molecule has 0 unspecified atom stereocenters. The maximum Gasteiger partial charge on any atom is 0.322 e. The Morgan fingerprint density at radius 3 is 2.76 bits per heavy atom. The summed E-state index contributed by atoms with van der Waals surface area (Å²) in [7, 11) is 1.42. The van der Waals surface area contributed by atoms with Crippen LogP contribution in [-0.2, 0) is 14.3 Å². The van der Waals surface area contributed by atoms with Gasteiger partial charge in [-0.2, -0.15) is 0 Å². The molecule has 3 amide bonds. The summed E-state index contributed by atoms with van der Waals surface area (Å²) in [5, 5.41) is 15.6. The van der Waals surface area contributed by atoms with Crippen molar-refractivity contribution in [2.45, 2.75) is 19.1 Å². The van der Waals surface area contributed by atoms with Crippen LogP contribution in [0.5, 0.6) is 0 Å². The number of halogens is 1. The van der Waals surface area contributed by atoms with E-state index in [1.807, 2.05) is 6.92 Å². The molecule has 1 aliphatic rings. The summed E-state index contributed by atoms with van der Waals surface area (Å²) >= 11 is 6.13. The van der Waals surface area contributed by atoms with E-state index >= 15 is 0 Å². The monoisotopic (exact) mass is 371 g/mol. The molecule has 1 saturated heterocycles. The van der Waals surface area contributed by atoms with Crippen molar-refractivity contribution < 1.29 is 24.2 Å². The lowest BCUT2D eigenvalue weighted by Gasteiger charge is -2.29. The van der Waals surface area contributed by atoms with Gasteiger partial charge in [-0.15, -0.1) is 0 Å². The van der Waals surface area contributed by atoms with Gasteiger partial charge in [0.25, 0.3) is 0 Å². The number of rotatable bonds is 6. The molecule has 9 heteroatoms. The summed E-state index contributed by atoms with van der Waals surface area (Å²) < 4.78 is 9.96. The highest BCUT2D eigenvalue weighted by Crippen LogP contribution is 2.26. The largest absolute Gasteiger partial charge is 0.388 e. The van der Waals surface area contributed by atoms with Crippen LogP contribution in [0.15, 0.2) is 18.2 Å².